The normalized spacial score (nSPS) is 20.4. The van der Waals surface area contributed by atoms with E-state index in [4.69, 9.17) is 22.1 Å². The molecule has 0 saturated carbocycles. The minimum Gasteiger partial charge on any atom is -0.494 e. The maximum atomic E-state index is 13.3. The van der Waals surface area contributed by atoms with Crippen molar-refractivity contribution in [2.45, 2.75) is 25.8 Å². The monoisotopic (exact) mass is 539 g/mol. The van der Waals surface area contributed by atoms with E-state index in [0.717, 1.165) is 29.0 Å². The van der Waals surface area contributed by atoms with Crippen molar-refractivity contribution in [2.24, 2.45) is 0 Å². The third kappa shape index (κ3) is 5.11. The Labute approximate surface area is 220 Å². The maximum Gasteiger partial charge on any atom is 0.266 e. The van der Waals surface area contributed by atoms with Gasteiger partial charge in [-0.2, -0.15) is 5.10 Å². The molecule has 0 N–H and O–H groups in total. The highest BCUT2D eigenvalue weighted by Crippen LogP contribution is 2.38. The van der Waals surface area contributed by atoms with Crippen molar-refractivity contribution in [1.82, 2.24) is 14.7 Å². The van der Waals surface area contributed by atoms with Gasteiger partial charge in [-0.05, 0) is 43.2 Å². The number of hydrogen-bond acceptors (Lipinski definition) is 7. The summed E-state index contributed by atoms with van der Waals surface area (Å²) >= 11 is 6.68. The number of para-hydroxylation sites is 1. The molecular weight excluding hydrogens is 515 g/mol. The molecule has 1 atom stereocenters. The van der Waals surface area contributed by atoms with Gasteiger partial charge in [0.15, 0.2) is 9.84 Å². The molecule has 5 rings (SSSR count). The summed E-state index contributed by atoms with van der Waals surface area (Å²) in [6.07, 6.45) is 4.99. The zero-order chi connectivity index (χ0) is 25.3. The smallest absolute Gasteiger partial charge is 0.266 e. The standard InChI is InChI=1S/C26H25N3O4S3/c1-2-12-33-22-10-6-7-18(14-22)24-19(16-28(27-24)20-8-4-3-5-9-20)15-23-25(30)29(26(34)35-23)21-11-13-36(31,32)17-21/h3-10,14-16,21H,2,11-13,17H2,1H3/b23-15-/t21-/m0/s1. The largest absolute Gasteiger partial charge is 0.494 e. The number of sulfone groups is 1. The number of hydrogen-bond donors (Lipinski definition) is 0. The Morgan fingerprint density at radius 3 is 2.72 bits per heavy atom. The minimum atomic E-state index is -3.14. The molecule has 0 radical (unpaired) electrons. The molecule has 36 heavy (non-hydrogen) atoms. The molecule has 2 saturated heterocycles. The lowest BCUT2D eigenvalue weighted by atomic mass is 10.1. The molecule has 1 amide bonds. The summed E-state index contributed by atoms with van der Waals surface area (Å²) in [6, 6.07) is 17.1. The average molecular weight is 540 g/mol. The Morgan fingerprint density at radius 1 is 1.19 bits per heavy atom. The van der Waals surface area contributed by atoms with Crippen molar-refractivity contribution < 1.29 is 17.9 Å². The first-order valence-corrected chi connectivity index (χ1v) is 14.7. The van der Waals surface area contributed by atoms with Crippen LogP contribution in [0.1, 0.15) is 25.3 Å². The van der Waals surface area contributed by atoms with Crippen molar-refractivity contribution in [1.29, 1.82) is 0 Å². The third-order valence-corrected chi connectivity index (χ3v) is 9.11. The van der Waals surface area contributed by atoms with Gasteiger partial charge in [0.2, 0.25) is 0 Å². The summed E-state index contributed by atoms with van der Waals surface area (Å²) < 4.78 is 32.0. The lowest BCUT2D eigenvalue weighted by molar-refractivity contribution is -0.123. The summed E-state index contributed by atoms with van der Waals surface area (Å²) in [5, 5.41) is 4.84. The summed E-state index contributed by atoms with van der Waals surface area (Å²) in [5.74, 6) is 0.529. The molecule has 2 aliphatic rings. The van der Waals surface area contributed by atoms with Gasteiger partial charge in [-0.1, -0.05) is 61.2 Å². The van der Waals surface area contributed by atoms with Gasteiger partial charge in [-0.15, -0.1) is 0 Å². The Balaban J connectivity index is 1.53. The third-order valence-electron chi connectivity index (χ3n) is 6.03. The van der Waals surface area contributed by atoms with E-state index in [1.54, 1.807) is 10.8 Å². The summed E-state index contributed by atoms with van der Waals surface area (Å²) in [4.78, 5) is 15.2. The predicted octanol–water partition coefficient (Wildman–Crippen LogP) is 4.72. The number of rotatable bonds is 7. The van der Waals surface area contributed by atoms with Gasteiger partial charge >= 0.3 is 0 Å². The van der Waals surface area contributed by atoms with Crippen molar-refractivity contribution in [3.63, 3.8) is 0 Å². The number of amides is 1. The Bertz CT molecular complexity index is 1450. The highest BCUT2D eigenvalue weighted by Gasteiger charge is 2.42. The Morgan fingerprint density at radius 2 is 2.00 bits per heavy atom. The first-order valence-electron chi connectivity index (χ1n) is 11.7. The van der Waals surface area contributed by atoms with Crippen LogP contribution < -0.4 is 4.74 Å². The molecule has 0 unspecified atom stereocenters. The van der Waals surface area contributed by atoms with Crippen molar-refractivity contribution in [2.75, 3.05) is 18.1 Å². The summed E-state index contributed by atoms with van der Waals surface area (Å²) in [6.45, 7) is 2.68. The minimum absolute atomic E-state index is 0.0472. The number of aromatic nitrogens is 2. The summed E-state index contributed by atoms with van der Waals surface area (Å²) in [5.41, 5.74) is 3.21. The van der Waals surface area contributed by atoms with Gasteiger partial charge < -0.3 is 4.74 Å². The van der Waals surface area contributed by atoms with Crippen LogP contribution in [-0.4, -0.2) is 57.5 Å². The Hall–Kier alpha value is -2.95. The second-order valence-corrected chi connectivity index (χ2v) is 12.6. The van der Waals surface area contributed by atoms with E-state index < -0.39 is 15.9 Å². The highest BCUT2D eigenvalue weighted by atomic mass is 32.2. The van der Waals surface area contributed by atoms with Crippen molar-refractivity contribution >= 4 is 50.1 Å². The predicted molar refractivity (Wildman–Crippen MR) is 147 cm³/mol. The number of thioether (sulfide) groups is 1. The molecule has 2 fully saturated rings. The first-order chi connectivity index (χ1) is 17.3. The van der Waals surface area contributed by atoms with E-state index >= 15 is 0 Å². The van der Waals surface area contributed by atoms with Crippen LogP contribution >= 0.6 is 24.0 Å². The first kappa shape index (κ1) is 24.7. The molecule has 3 heterocycles. The van der Waals surface area contributed by atoms with Gasteiger partial charge in [0, 0.05) is 17.3 Å². The molecular formula is C26H25N3O4S3. The number of ether oxygens (including phenoxy) is 1. The molecule has 2 aromatic carbocycles. The van der Waals surface area contributed by atoms with Crippen LogP contribution in [0.25, 0.3) is 23.0 Å². The second-order valence-electron chi connectivity index (χ2n) is 8.70. The molecule has 10 heteroatoms. The zero-order valence-electron chi connectivity index (χ0n) is 19.7. The number of benzene rings is 2. The number of nitrogens with zero attached hydrogens (tertiary/aromatic N) is 3. The fraction of sp³-hybridized carbons (Fsp3) is 0.269. The van der Waals surface area contributed by atoms with E-state index in [0.29, 0.717) is 27.9 Å². The van der Waals surface area contributed by atoms with Gasteiger partial charge in [0.1, 0.15) is 15.8 Å². The number of carbonyl (C=O) groups excluding carboxylic acids is 1. The average Bonchev–Trinajstić information content (AvgIpc) is 3.53. The van der Waals surface area contributed by atoms with Crippen molar-refractivity contribution in [3.8, 4) is 22.7 Å². The second kappa shape index (κ2) is 10.2. The topological polar surface area (TPSA) is 81.5 Å². The molecule has 3 aromatic rings. The molecule has 186 valence electrons. The van der Waals surface area contributed by atoms with E-state index in [1.807, 2.05) is 60.8 Å². The van der Waals surface area contributed by atoms with Gasteiger partial charge in [-0.3, -0.25) is 9.69 Å². The number of thiocarbonyl (C=S) groups is 1. The van der Waals surface area contributed by atoms with Crippen LogP contribution in [0.5, 0.6) is 5.75 Å². The van der Waals surface area contributed by atoms with Crippen molar-refractivity contribution in [3.05, 3.63) is 71.3 Å². The van der Waals surface area contributed by atoms with Crippen LogP contribution in [0.15, 0.2) is 65.7 Å². The summed E-state index contributed by atoms with van der Waals surface area (Å²) in [7, 11) is -3.14. The molecule has 0 aliphatic carbocycles. The van der Waals surface area contributed by atoms with Gasteiger partial charge in [0.25, 0.3) is 5.91 Å². The van der Waals surface area contributed by atoms with Crippen LogP contribution in [0, 0.1) is 0 Å². The number of carbonyl (C=O) groups is 1. The Kier molecular flexibility index (Phi) is 7.00. The maximum absolute atomic E-state index is 13.3. The fourth-order valence-electron chi connectivity index (χ4n) is 4.30. The van der Waals surface area contributed by atoms with Crippen LogP contribution in [0.4, 0.5) is 0 Å². The van der Waals surface area contributed by atoms with Crippen LogP contribution in [-0.2, 0) is 14.6 Å². The SMILES string of the molecule is CCCOc1cccc(-c2nn(-c3ccccc3)cc2/C=C2\SC(=S)N([C@H]3CCS(=O)(=O)C3)C2=O)c1. The molecule has 7 nitrogen and oxygen atoms in total. The lowest BCUT2D eigenvalue weighted by Gasteiger charge is -2.20. The highest BCUT2D eigenvalue weighted by molar-refractivity contribution is 8.26. The van der Waals surface area contributed by atoms with E-state index in [1.165, 1.54) is 16.7 Å². The van der Waals surface area contributed by atoms with Gasteiger partial charge in [0.05, 0.1) is 34.7 Å². The van der Waals surface area contributed by atoms with Gasteiger partial charge in [-0.25, -0.2) is 13.1 Å². The zero-order valence-corrected chi connectivity index (χ0v) is 22.1. The lowest BCUT2D eigenvalue weighted by Crippen LogP contribution is -2.39. The van der Waals surface area contributed by atoms with E-state index in [-0.39, 0.29) is 17.4 Å². The van der Waals surface area contributed by atoms with E-state index in [9.17, 15) is 13.2 Å². The molecule has 0 spiro atoms. The van der Waals surface area contributed by atoms with Crippen LogP contribution in [0.2, 0.25) is 0 Å². The molecule has 2 aliphatic heterocycles. The van der Waals surface area contributed by atoms with Crippen LogP contribution in [0.3, 0.4) is 0 Å². The quantitative estimate of drug-likeness (QED) is 0.318. The molecule has 0 bridgehead atoms. The fourth-order valence-corrected chi connectivity index (χ4v) is 7.39. The molecule has 1 aromatic heterocycles. The van der Waals surface area contributed by atoms with E-state index in [2.05, 4.69) is 6.92 Å².